The summed E-state index contributed by atoms with van der Waals surface area (Å²) < 4.78 is 154. The highest BCUT2D eigenvalue weighted by molar-refractivity contribution is 6.74. The van der Waals surface area contributed by atoms with Crippen molar-refractivity contribution in [2.45, 2.75) is 421 Å². The number of ether oxygens (including phenoxy) is 17. The van der Waals surface area contributed by atoms with Crippen molar-refractivity contribution in [1.82, 2.24) is 0 Å². The summed E-state index contributed by atoms with van der Waals surface area (Å²) in [5.41, 5.74) is -11.8. The molecule has 5 N–H and O–H groups in total. The van der Waals surface area contributed by atoms with Crippen molar-refractivity contribution in [2.75, 3.05) is 7.11 Å². The summed E-state index contributed by atoms with van der Waals surface area (Å²) >= 11 is 0. The number of hydrogen-bond acceptors (Lipinski definition) is 34. The molecule has 0 aromatic rings. The van der Waals surface area contributed by atoms with E-state index in [1.54, 1.807) is 19.3 Å². The number of methoxy groups -OCH3 is 1. The molecule has 0 spiro atoms. The zero-order chi connectivity index (χ0) is 95.8. The Morgan fingerprint density at radius 3 is 1.08 bits per heavy atom. The molecule has 728 valence electrons. The van der Waals surface area contributed by atoms with Gasteiger partial charge in [-0.15, -0.1) is 0 Å². The van der Waals surface area contributed by atoms with Crippen molar-refractivity contribution < 1.29 is 176 Å². The molecule has 4 saturated heterocycles. The maximum Gasteiger partial charge on any atom is 0.305 e. The second-order valence-corrected chi connectivity index (χ2v) is 58.2. The van der Waals surface area contributed by atoms with Gasteiger partial charge in [0.05, 0.1) is 35.6 Å². The van der Waals surface area contributed by atoms with Crippen molar-refractivity contribution in [3.8, 4) is 0 Å². The van der Waals surface area contributed by atoms with Crippen LogP contribution in [0.1, 0.15) is 200 Å². The van der Waals surface area contributed by atoms with Crippen LogP contribution in [-0.4, -0.2) is 276 Å². The third-order valence-electron chi connectivity index (χ3n) is 31.7. The molecule has 14 saturated carbocycles. The molecular weight excluding hydrogens is 1770 g/mol. The zero-order valence-electron chi connectivity index (χ0n) is 78.4. The van der Waals surface area contributed by atoms with Gasteiger partial charge in [-0.25, -0.2) is 13.2 Å². The highest BCUT2D eigenvalue weighted by Gasteiger charge is 2.87. The first-order valence-electron chi connectivity index (χ1n) is 45.3. The van der Waals surface area contributed by atoms with E-state index in [9.17, 15) is 81.9 Å². The molecule has 130 heavy (non-hydrogen) atoms. The molecule has 7 heterocycles. The molecule has 0 aromatic carbocycles. The molecule has 34 nitrogen and oxygen atoms in total. The number of aliphatic hydroxyl groups excluding tert-OH is 2. The zero-order valence-corrected chi connectivity index (χ0v) is 81.4. The average Bonchev–Trinajstić information content (AvgIpc) is 1.49. The maximum atomic E-state index is 14.8. The van der Waals surface area contributed by atoms with Crippen molar-refractivity contribution in [1.29, 1.82) is 0 Å². The molecule has 4 unspecified atom stereocenters. The lowest BCUT2D eigenvalue weighted by atomic mass is 9.90. The third kappa shape index (κ3) is 16.3. The monoisotopic (exact) mass is 1900 g/mol. The van der Waals surface area contributed by atoms with Gasteiger partial charge >= 0.3 is 53.7 Å². The van der Waals surface area contributed by atoms with Gasteiger partial charge in [0, 0.05) is 112 Å². The molecule has 0 bridgehead atoms. The van der Waals surface area contributed by atoms with Crippen LogP contribution in [0.2, 0.25) is 55.9 Å². The van der Waals surface area contributed by atoms with E-state index in [0.29, 0.717) is 50.4 Å². The van der Waals surface area contributed by atoms with Crippen LogP contribution >= 0.6 is 0 Å². The molecule has 35 atom stereocenters. The number of alkyl halides is 3. The average molecular weight is 1900 g/mol. The predicted molar refractivity (Wildman–Crippen MR) is 448 cm³/mol. The number of carbonyl (C=O) groups excluding carboxylic acids is 9. The van der Waals surface area contributed by atoms with Crippen LogP contribution in [0.25, 0.3) is 0 Å². The highest BCUT2D eigenvalue weighted by Crippen LogP contribution is 2.74. The van der Waals surface area contributed by atoms with Crippen LogP contribution in [0.3, 0.4) is 0 Å². The van der Waals surface area contributed by atoms with E-state index in [1.807, 2.05) is 6.26 Å². The number of esters is 9. The lowest BCUT2D eigenvalue weighted by molar-refractivity contribution is -0.196. The van der Waals surface area contributed by atoms with Gasteiger partial charge in [-0.3, -0.25) is 43.2 Å². The summed E-state index contributed by atoms with van der Waals surface area (Å²) in [7, 11) is -3.65. The van der Waals surface area contributed by atoms with Gasteiger partial charge in [-0.05, 0) is 169 Å². The van der Waals surface area contributed by atoms with Crippen molar-refractivity contribution in [3.05, 3.63) is 37.0 Å². The summed E-state index contributed by atoms with van der Waals surface area (Å²) in [6.45, 7) is 40.9. The molecule has 18 fully saturated rings. The van der Waals surface area contributed by atoms with E-state index in [2.05, 4.69) is 93.4 Å². The lowest BCUT2D eigenvalue weighted by Gasteiger charge is -2.43. The summed E-state index contributed by atoms with van der Waals surface area (Å²) in [6, 6.07) is 0. The van der Waals surface area contributed by atoms with E-state index in [1.165, 1.54) is 67.9 Å². The second-order valence-electron chi connectivity index (χ2n) is 44.4. The first kappa shape index (κ1) is 98.3. The standard InChI is InChI=1S/C17H32O3Si2.C15H28O4Si.C14H17FO7.2C12H15FO6.C12H14O5.C8H10O3/c1-15(2,3)22(7,8)20-17-12-13(17)11-16(19-21(4,5)6)9-10-18-14(16)17;1-13(2,3)20(5,6)19-15-8-10(15)7-14(16)9-11(17-4)18-12(14)15;1-6(16)19-11-10(15)14(22-8(3)18)5-9-4-13(9,12(14)20-11)21-7(2)17;2*1-5(14)18-11-3-7(11)4-12(19-6(2)15)8(13)9(16)17-10(11)12;1-7(13)16-11-3-4-15-10(11)12(17-8(2)14)6-9(12)5-11;9-7-1-2-11-6(7)8(10)4-5(8)3-7/h9-10,13-14H,11-12H2,1-8H3;10-12,16H,7-9H2,1-6H3;9-12H,4-5H2,1-3H3;2*7-10,16H,3-4H2,1-2H3;3-4,9-10H,5-6H2,1-2H3;1-2,5-6,9-10H,3-4H2/t13-,14+,16-,17-;10-,11?,12+,14+,15-;9-,10+,11?,12+,13+,14-;7-,8+,9?,10+,11+,12-;7-,8-,9?,10+,11+,12-;9-,10+,11-,12-;5-,6+,7-,8-/m1100011/s1. The van der Waals surface area contributed by atoms with E-state index in [0.717, 1.165) is 45.4 Å². The summed E-state index contributed by atoms with van der Waals surface area (Å²) in [5, 5.41) is 49.9. The molecule has 7 aliphatic heterocycles. The first-order valence-corrected chi connectivity index (χ1v) is 54.5. The van der Waals surface area contributed by atoms with E-state index < -0.39 is 184 Å². The Hall–Kier alpha value is -6.23. The number of carbonyl (C=O) groups is 9. The molecule has 40 heteroatoms. The van der Waals surface area contributed by atoms with E-state index in [-0.39, 0.29) is 118 Å². The van der Waals surface area contributed by atoms with Crippen LogP contribution in [0.15, 0.2) is 37.0 Å². The Bertz CT molecular complexity index is 4550. The van der Waals surface area contributed by atoms with Crippen LogP contribution in [0.5, 0.6) is 0 Å². The van der Waals surface area contributed by atoms with Gasteiger partial charge in [0.25, 0.3) is 0 Å². The fourth-order valence-electron chi connectivity index (χ4n) is 24.4. The molecule has 21 aliphatic rings. The van der Waals surface area contributed by atoms with E-state index >= 15 is 0 Å². The van der Waals surface area contributed by atoms with Gasteiger partial charge in [0.1, 0.15) is 58.0 Å². The number of halogens is 3. The summed E-state index contributed by atoms with van der Waals surface area (Å²) in [5.74, 6) is -3.59. The predicted octanol–water partition coefficient (Wildman–Crippen LogP) is 8.83. The maximum absolute atomic E-state index is 14.8. The lowest BCUT2D eigenvalue weighted by Crippen LogP contribution is -2.54. The van der Waals surface area contributed by atoms with Crippen molar-refractivity contribution >= 4 is 78.7 Å². The van der Waals surface area contributed by atoms with E-state index in [4.69, 9.17) is 93.8 Å². The van der Waals surface area contributed by atoms with Crippen molar-refractivity contribution in [3.63, 3.8) is 0 Å². The van der Waals surface area contributed by atoms with Gasteiger partial charge in [-0.1, -0.05) is 41.5 Å². The molecule has 0 aromatic heterocycles. The number of rotatable bonds is 16. The second kappa shape index (κ2) is 31.9. The minimum atomic E-state index is -1.86. The SMILES string of the molecule is CC(=O)OC1O[C@@H]2[C@@]3(OC(C)=O)C[C@H]3C[C@]2(OC(C)=O)[C@@H]1F.CC(=O)O[C@]12C[C@H]1C[C@@]1(OC(C)=O)[C@@H]2OC(O)[C@@H]1F.CC(=O)O[C@]12C[C@H]1C[C@@]1(OC(C)=O)[C@@H]2OC(O)[C@H]1F.CC(=O)O[C@]12C[C@H]1C[C@]1(OC(C)=O)C=CO[C@H]21.CC(C)(C)[Si](C)(C)O[C@]12C[C@H]1C[C@]1(O[Si](C)(C)C)C=CO[C@H]21.COC1C[C@@]2(O)C[C@@H]3C[C@]3(O[Si](C)(C)C(C)(C)C)[C@H]2O1.O[C@]12C[C@H]1C[C@]1(O)C=CO[C@H]21. The minimum Gasteiger partial charge on any atom is -0.492 e. The highest BCUT2D eigenvalue weighted by atomic mass is 28.4. The molecule has 14 aliphatic carbocycles. The Labute approximate surface area is 757 Å². The third-order valence-corrected chi connectivity index (χ3v) is 41.7. The quantitative estimate of drug-likeness (QED) is 0.0547. The van der Waals surface area contributed by atoms with Gasteiger partial charge in [0.15, 0.2) is 102 Å². The minimum absolute atomic E-state index is 0.0610. The van der Waals surface area contributed by atoms with Crippen LogP contribution < -0.4 is 0 Å². The summed E-state index contributed by atoms with van der Waals surface area (Å²) in [6.07, 6.45) is 5.78. The Kier molecular flexibility index (Phi) is 24.1. The van der Waals surface area contributed by atoms with Crippen LogP contribution in [0, 0.1) is 41.4 Å². The summed E-state index contributed by atoms with van der Waals surface area (Å²) in [4.78, 5) is 101. The number of fused-ring (bicyclic) bond motifs is 21. The smallest absolute Gasteiger partial charge is 0.305 e. The molecule has 21 rings (SSSR count). The van der Waals surface area contributed by atoms with Gasteiger partial charge in [0.2, 0.25) is 12.5 Å². The Morgan fingerprint density at radius 2 is 0.677 bits per heavy atom. The Balaban J connectivity index is 0.000000117. The number of hydrogen-bond donors (Lipinski definition) is 5. The van der Waals surface area contributed by atoms with Crippen LogP contribution in [0.4, 0.5) is 13.2 Å². The molecule has 0 radical (unpaired) electrons. The largest absolute Gasteiger partial charge is 0.492 e. The Morgan fingerprint density at radius 1 is 0.346 bits per heavy atom. The fourth-order valence-corrected chi connectivity index (χ4v) is 29.1. The topological polar surface area (TPSA) is 439 Å². The van der Waals surface area contributed by atoms with Gasteiger partial charge in [-0.2, -0.15) is 0 Å². The normalized spacial score (nSPS) is 47.6. The molecule has 0 amide bonds. The van der Waals surface area contributed by atoms with Gasteiger partial charge < -0.3 is 119 Å². The first-order chi connectivity index (χ1) is 59.8. The van der Waals surface area contributed by atoms with Crippen LogP contribution in [-0.2, 0) is 137 Å². The fraction of sp³-hybridized carbons (Fsp3) is 0.833. The number of aliphatic hydroxyl groups is 5. The van der Waals surface area contributed by atoms with Crippen molar-refractivity contribution in [2.24, 2.45) is 41.4 Å². The molecular formula is C90H131F3O34Si3.